The van der Waals surface area contributed by atoms with E-state index >= 15 is 0 Å². The third-order valence-corrected chi connectivity index (χ3v) is 1.46. The summed E-state index contributed by atoms with van der Waals surface area (Å²) < 4.78 is 12.7. The maximum absolute atomic E-state index is 12.7. The minimum absolute atomic E-state index is 0.806. The molecule has 0 aromatic heterocycles. The van der Waals surface area contributed by atoms with Crippen molar-refractivity contribution >= 4 is 0 Å². The highest BCUT2D eigenvalue weighted by molar-refractivity contribution is 4.80. The number of rotatable bonds is 5. The van der Waals surface area contributed by atoms with Crippen molar-refractivity contribution in [3.63, 3.8) is 0 Å². The van der Waals surface area contributed by atoms with E-state index in [4.69, 9.17) is 25.5 Å². The summed E-state index contributed by atoms with van der Waals surface area (Å²) in [5.74, 6) is 0. The minimum Gasteiger partial charge on any atom is -0.394 e. The topological polar surface area (TPSA) is 101 Å². The molecule has 12 heavy (non-hydrogen) atoms. The van der Waals surface area contributed by atoms with Crippen LogP contribution < -0.4 is 0 Å². The predicted molar refractivity (Wildman–Crippen MR) is 37.1 cm³/mol. The third-order valence-electron chi connectivity index (χ3n) is 1.46. The molecule has 74 valence electrons. The molecule has 0 aromatic carbocycles. The van der Waals surface area contributed by atoms with Crippen LogP contribution in [-0.4, -0.2) is 63.2 Å². The molecule has 0 aliphatic rings. The van der Waals surface area contributed by atoms with Gasteiger partial charge in [0.05, 0.1) is 13.2 Å². The quantitative estimate of drug-likeness (QED) is 0.322. The number of halogens is 1. The van der Waals surface area contributed by atoms with E-state index in [-0.39, 0.29) is 0 Å². The summed E-state index contributed by atoms with van der Waals surface area (Å²) in [5, 5.41) is 42.8. The largest absolute Gasteiger partial charge is 0.394 e. The second-order valence-electron chi connectivity index (χ2n) is 2.43. The second kappa shape index (κ2) is 5.39. The zero-order chi connectivity index (χ0) is 9.72. The zero-order valence-corrected chi connectivity index (χ0v) is 6.34. The van der Waals surface area contributed by atoms with Gasteiger partial charge < -0.3 is 25.5 Å². The standard InChI is InChI=1S/C6H13FO5/c7-5(3(10)1-8)6(12)4(11)2-9/h3-6,8-12H,1-2H2/t3-,4+,5+,6-/m0/s1. The Morgan fingerprint density at radius 3 is 1.67 bits per heavy atom. The van der Waals surface area contributed by atoms with Gasteiger partial charge in [0.15, 0.2) is 6.17 Å². The van der Waals surface area contributed by atoms with Crippen LogP contribution in [0.15, 0.2) is 0 Å². The molecule has 6 heteroatoms. The summed E-state index contributed by atoms with van der Waals surface area (Å²) in [6.07, 6.45) is -7.46. The Labute approximate surface area is 68.7 Å². The van der Waals surface area contributed by atoms with Gasteiger partial charge in [-0.25, -0.2) is 4.39 Å². The molecule has 0 rings (SSSR count). The second-order valence-corrected chi connectivity index (χ2v) is 2.43. The monoisotopic (exact) mass is 184 g/mol. The lowest BCUT2D eigenvalue weighted by molar-refractivity contribution is -0.0935. The Morgan fingerprint density at radius 2 is 1.33 bits per heavy atom. The van der Waals surface area contributed by atoms with Crippen LogP contribution in [0, 0.1) is 0 Å². The Hall–Kier alpha value is -0.270. The van der Waals surface area contributed by atoms with Crippen LogP contribution >= 0.6 is 0 Å². The maximum Gasteiger partial charge on any atom is 0.156 e. The van der Waals surface area contributed by atoms with Gasteiger partial charge >= 0.3 is 0 Å². The van der Waals surface area contributed by atoms with Gasteiger partial charge in [-0.1, -0.05) is 0 Å². The van der Waals surface area contributed by atoms with E-state index in [0.717, 1.165) is 0 Å². The molecule has 0 spiro atoms. The van der Waals surface area contributed by atoms with Crippen molar-refractivity contribution in [2.75, 3.05) is 13.2 Å². The van der Waals surface area contributed by atoms with E-state index in [9.17, 15) is 4.39 Å². The van der Waals surface area contributed by atoms with E-state index in [1.165, 1.54) is 0 Å². The molecule has 0 fully saturated rings. The molecular weight excluding hydrogens is 171 g/mol. The van der Waals surface area contributed by atoms with Crippen molar-refractivity contribution in [2.45, 2.75) is 24.5 Å². The van der Waals surface area contributed by atoms with Crippen LogP contribution in [0.5, 0.6) is 0 Å². The lowest BCUT2D eigenvalue weighted by Crippen LogP contribution is -2.44. The summed E-state index contributed by atoms with van der Waals surface area (Å²) in [6, 6.07) is 0. The molecular formula is C6H13FO5. The normalized spacial score (nSPS) is 21.5. The van der Waals surface area contributed by atoms with Gasteiger partial charge in [-0.2, -0.15) is 0 Å². The number of aliphatic hydroxyl groups excluding tert-OH is 5. The predicted octanol–water partition coefficient (Wildman–Crippen LogP) is -2.61. The fraction of sp³-hybridized carbons (Fsp3) is 1.00. The van der Waals surface area contributed by atoms with Gasteiger partial charge in [-0.15, -0.1) is 0 Å². The molecule has 0 unspecified atom stereocenters. The SMILES string of the molecule is OC[C@@H](O)[C@H](O)[C@H](F)[C@@H](O)CO. The van der Waals surface area contributed by atoms with Crippen LogP contribution in [0.4, 0.5) is 4.39 Å². The van der Waals surface area contributed by atoms with Crippen LogP contribution in [0.2, 0.25) is 0 Å². The number of aliphatic hydroxyl groups is 5. The zero-order valence-electron chi connectivity index (χ0n) is 6.34. The van der Waals surface area contributed by atoms with Crippen LogP contribution in [0.1, 0.15) is 0 Å². The highest BCUT2D eigenvalue weighted by Gasteiger charge is 2.31. The maximum atomic E-state index is 12.7. The van der Waals surface area contributed by atoms with Gasteiger partial charge in [0, 0.05) is 0 Å². The molecule has 4 atom stereocenters. The summed E-state index contributed by atoms with van der Waals surface area (Å²) in [7, 11) is 0. The average molecular weight is 184 g/mol. The molecule has 0 saturated carbocycles. The van der Waals surface area contributed by atoms with Gasteiger partial charge in [0.1, 0.15) is 18.3 Å². The van der Waals surface area contributed by atoms with Crippen molar-refractivity contribution in [3.05, 3.63) is 0 Å². The molecule has 0 bridgehead atoms. The van der Waals surface area contributed by atoms with Crippen molar-refractivity contribution in [1.29, 1.82) is 0 Å². The van der Waals surface area contributed by atoms with E-state index < -0.39 is 37.7 Å². The lowest BCUT2D eigenvalue weighted by Gasteiger charge is -2.22. The Balaban J connectivity index is 3.99. The molecule has 5 N–H and O–H groups in total. The van der Waals surface area contributed by atoms with E-state index in [1.54, 1.807) is 0 Å². The first kappa shape index (κ1) is 11.7. The summed E-state index contributed by atoms with van der Waals surface area (Å²) in [5.41, 5.74) is 0. The van der Waals surface area contributed by atoms with E-state index in [2.05, 4.69) is 0 Å². The molecule has 0 amide bonds. The smallest absolute Gasteiger partial charge is 0.156 e. The highest BCUT2D eigenvalue weighted by Crippen LogP contribution is 2.08. The van der Waals surface area contributed by atoms with Crippen LogP contribution in [0.3, 0.4) is 0 Å². The minimum atomic E-state index is -2.17. The van der Waals surface area contributed by atoms with Crippen molar-refractivity contribution in [2.24, 2.45) is 0 Å². The van der Waals surface area contributed by atoms with Crippen LogP contribution in [0.25, 0.3) is 0 Å². The molecule has 0 aromatic rings. The summed E-state index contributed by atoms with van der Waals surface area (Å²) >= 11 is 0. The summed E-state index contributed by atoms with van der Waals surface area (Å²) in [6.45, 7) is -1.66. The van der Waals surface area contributed by atoms with Gasteiger partial charge in [-0.05, 0) is 0 Å². The third kappa shape index (κ3) is 3.00. The van der Waals surface area contributed by atoms with E-state index in [1.807, 2.05) is 0 Å². The Bertz CT molecular complexity index is 109. The number of alkyl halides is 1. The summed E-state index contributed by atoms with van der Waals surface area (Å²) in [4.78, 5) is 0. The van der Waals surface area contributed by atoms with E-state index in [0.29, 0.717) is 0 Å². The van der Waals surface area contributed by atoms with Gasteiger partial charge in [0.2, 0.25) is 0 Å². The number of hydrogen-bond donors (Lipinski definition) is 5. The first-order valence-electron chi connectivity index (χ1n) is 3.44. The fourth-order valence-electron chi connectivity index (χ4n) is 0.649. The molecule has 5 nitrogen and oxygen atoms in total. The van der Waals surface area contributed by atoms with Gasteiger partial charge in [0.25, 0.3) is 0 Å². The Kier molecular flexibility index (Phi) is 5.27. The van der Waals surface area contributed by atoms with Gasteiger partial charge in [-0.3, -0.25) is 0 Å². The van der Waals surface area contributed by atoms with Crippen molar-refractivity contribution in [1.82, 2.24) is 0 Å². The average Bonchev–Trinajstić information content (AvgIpc) is 2.12. The highest BCUT2D eigenvalue weighted by atomic mass is 19.1. The number of hydrogen-bond acceptors (Lipinski definition) is 5. The molecule has 0 heterocycles. The first-order valence-corrected chi connectivity index (χ1v) is 3.44. The van der Waals surface area contributed by atoms with Crippen molar-refractivity contribution < 1.29 is 29.9 Å². The molecule has 0 radical (unpaired) electrons. The van der Waals surface area contributed by atoms with Crippen LogP contribution in [-0.2, 0) is 0 Å². The lowest BCUT2D eigenvalue weighted by atomic mass is 10.1. The fourth-order valence-corrected chi connectivity index (χ4v) is 0.649. The molecule has 0 aliphatic carbocycles. The Morgan fingerprint density at radius 1 is 0.917 bits per heavy atom. The molecule has 0 aliphatic heterocycles. The van der Waals surface area contributed by atoms with Crippen molar-refractivity contribution in [3.8, 4) is 0 Å². The molecule has 0 saturated heterocycles. The first-order chi connectivity index (χ1) is 5.54.